The molecule has 2 heterocycles. The fourth-order valence-corrected chi connectivity index (χ4v) is 6.21. The smallest absolute Gasteiger partial charge is 0.330 e. The lowest BCUT2D eigenvalue weighted by Crippen LogP contribution is -2.66. The van der Waals surface area contributed by atoms with E-state index in [1.165, 1.54) is 25.5 Å². The lowest BCUT2D eigenvalue weighted by atomic mass is 9.51. The molecule has 4 aliphatic rings. The molecule has 0 unspecified atom stereocenters. The van der Waals surface area contributed by atoms with Gasteiger partial charge in [0.1, 0.15) is 18.3 Å². The van der Waals surface area contributed by atoms with Crippen LogP contribution in [0.2, 0.25) is 0 Å². The minimum atomic E-state index is -0.578. The topological polar surface area (TPSA) is 101 Å². The van der Waals surface area contributed by atoms with Crippen molar-refractivity contribution < 1.29 is 38.1 Å². The Morgan fingerprint density at radius 3 is 2.55 bits per heavy atom. The summed E-state index contributed by atoms with van der Waals surface area (Å²) in [4.78, 5) is 35.6. The minimum absolute atomic E-state index is 0.139. The maximum Gasteiger partial charge on any atom is 0.330 e. The van der Waals surface area contributed by atoms with Crippen molar-refractivity contribution >= 4 is 17.9 Å². The summed E-state index contributed by atoms with van der Waals surface area (Å²) in [6.07, 6.45) is 5.40. The molecule has 8 heteroatoms. The summed E-state index contributed by atoms with van der Waals surface area (Å²) >= 11 is 0. The van der Waals surface area contributed by atoms with E-state index in [0.717, 1.165) is 18.4 Å². The molecule has 1 spiro atoms. The van der Waals surface area contributed by atoms with E-state index in [4.69, 9.17) is 23.7 Å². The number of ether oxygens (including phenoxy) is 5. The van der Waals surface area contributed by atoms with E-state index in [9.17, 15) is 14.4 Å². The Morgan fingerprint density at radius 2 is 1.91 bits per heavy atom. The summed E-state index contributed by atoms with van der Waals surface area (Å²) < 4.78 is 29.2. The zero-order valence-corrected chi connectivity index (χ0v) is 20.1. The lowest BCUT2D eigenvalue weighted by molar-refractivity contribution is -0.232. The first kappa shape index (κ1) is 24.0. The number of hydrogen-bond acceptors (Lipinski definition) is 8. The fraction of sp³-hybridized carbons (Fsp3) is 0.720. The lowest BCUT2D eigenvalue weighted by Gasteiger charge is -2.58. The van der Waals surface area contributed by atoms with Crippen molar-refractivity contribution in [1.82, 2.24) is 0 Å². The van der Waals surface area contributed by atoms with Gasteiger partial charge in [0.2, 0.25) is 0 Å². The molecule has 2 bridgehead atoms. The van der Waals surface area contributed by atoms with Crippen LogP contribution in [0.25, 0.3) is 0 Å². The summed E-state index contributed by atoms with van der Waals surface area (Å²) in [5.41, 5.74) is 0.352. The second kappa shape index (κ2) is 8.55. The third-order valence-electron chi connectivity index (χ3n) is 8.16. The Morgan fingerprint density at radius 1 is 1.18 bits per heavy atom. The Bertz CT molecular complexity index is 900. The number of rotatable bonds is 7. The van der Waals surface area contributed by atoms with Gasteiger partial charge in [-0.15, -0.1) is 0 Å². The van der Waals surface area contributed by atoms with Crippen molar-refractivity contribution in [2.24, 2.45) is 10.8 Å². The van der Waals surface area contributed by atoms with Crippen LogP contribution >= 0.6 is 0 Å². The molecule has 3 fully saturated rings. The molecule has 8 nitrogen and oxygen atoms in total. The minimum Gasteiger partial charge on any atom is -0.466 e. The molecule has 182 valence electrons. The molecule has 2 aliphatic heterocycles. The molecule has 1 saturated carbocycles. The summed E-state index contributed by atoms with van der Waals surface area (Å²) in [6, 6.07) is 0. The maximum atomic E-state index is 12.7. The summed E-state index contributed by atoms with van der Waals surface area (Å²) in [7, 11) is 0. The SMILES string of the molecule is CC(=O)OCC/C(C)=C/C(=O)OC[C@]12CCC(C)=C[C@H]1O[C@@H]1C[C@@H](OC(C)=O)[C@@]2(C)[C@]12CO2. The largest absolute Gasteiger partial charge is 0.466 e. The van der Waals surface area contributed by atoms with Gasteiger partial charge in [-0.25, -0.2) is 4.79 Å². The zero-order valence-electron chi connectivity index (χ0n) is 20.1. The summed E-state index contributed by atoms with van der Waals surface area (Å²) in [6.45, 7) is 9.68. The summed E-state index contributed by atoms with van der Waals surface area (Å²) in [5, 5.41) is 0. The highest BCUT2D eigenvalue weighted by Crippen LogP contribution is 2.72. The van der Waals surface area contributed by atoms with E-state index in [0.29, 0.717) is 19.4 Å². The quantitative estimate of drug-likeness (QED) is 0.187. The van der Waals surface area contributed by atoms with Crippen LogP contribution in [0.15, 0.2) is 23.3 Å². The first-order valence-corrected chi connectivity index (χ1v) is 11.7. The Labute approximate surface area is 194 Å². The van der Waals surface area contributed by atoms with Crippen LogP contribution in [0.1, 0.15) is 60.3 Å². The van der Waals surface area contributed by atoms with Gasteiger partial charge in [0.15, 0.2) is 0 Å². The van der Waals surface area contributed by atoms with Crippen LogP contribution in [0, 0.1) is 10.8 Å². The second-order valence-corrected chi connectivity index (χ2v) is 10.1. The third kappa shape index (κ3) is 3.91. The van der Waals surface area contributed by atoms with Crippen molar-refractivity contribution in [3.8, 4) is 0 Å². The van der Waals surface area contributed by atoms with Crippen molar-refractivity contribution in [1.29, 1.82) is 0 Å². The first-order valence-electron chi connectivity index (χ1n) is 11.7. The molecule has 33 heavy (non-hydrogen) atoms. The molecule has 0 aromatic rings. The number of allylic oxidation sites excluding steroid dienone is 1. The van der Waals surface area contributed by atoms with Gasteiger partial charge in [-0.3, -0.25) is 9.59 Å². The van der Waals surface area contributed by atoms with E-state index in [2.05, 4.69) is 19.9 Å². The molecular weight excluding hydrogens is 428 g/mol. The zero-order chi connectivity index (χ0) is 24.0. The fourth-order valence-electron chi connectivity index (χ4n) is 6.21. The van der Waals surface area contributed by atoms with Gasteiger partial charge in [0.05, 0.1) is 30.8 Å². The average Bonchev–Trinajstić information content (AvgIpc) is 3.49. The third-order valence-corrected chi connectivity index (χ3v) is 8.16. The molecule has 2 aliphatic carbocycles. The summed E-state index contributed by atoms with van der Waals surface area (Å²) in [5.74, 6) is -1.13. The van der Waals surface area contributed by atoms with Gasteiger partial charge in [-0.1, -0.05) is 24.1 Å². The van der Waals surface area contributed by atoms with Crippen LogP contribution < -0.4 is 0 Å². The predicted octanol–water partition coefficient (Wildman–Crippen LogP) is 3.03. The number of carbonyl (C=O) groups is 3. The molecule has 0 N–H and O–H groups in total. The van der Waals surface area contributed by atoms with Gasteiger partial charge in [-0.2, -0.15) is 0 Å². The molecule has 4 rings (SSSR count). The highest BCUT2D eigenvalue weighted by atomic mass is 16.6. The van der Waals surface area contributed by atoms with Crippen LogP contribution in [0.5, 0.6) is 0 Å². The number of epoxide rings is 1. The van der Waals surface area contributed by atoms with E-state index in [1.807, 2.05) is 0 Å². The predicted molar refractivity (Wildman–Crippen MR) is 117 cm³/mol. The van der Waals surface area contributed by atoms with Gasteiger partial charge < -0.3 is 23.7 Å². The van der Waals surface area contributed by atoms with Crippen molar-refractivity contribution in [3.05, 3.63) is 23.3 Å². The highest BCUT2D eigenvalue weighted by Gasteiger charge is 2.83. The van der Waals surface area contributed by atoms with Crippen LogP contribution in [0.4, 0.5) is 0 Å². The van der Waals surface area contributed by atoms with E-state index < -0.39 is 22.4 Å². The number of esters is 3. The van der Waals surface area contributed by atoms with Crippen LogP contribution in [0.3, 0.4) is 0 Å². The first-order chi connectivity index (χ1) is 15.5. The van der Waals surface area contributed by atoms with E-state index in [-0.39, 0.29) is 43.5 Å². The number of fused-ring (bicyclic) bond motifs is 2. The van der Waals surface area contributed by atoms with Crippen molar-refractivity contribution in [2.75, 3.05) is 19.8 Å². The molecule has 0 aromatic heterocycles. The standard InChI is InChI=1S/C25H34O8/c1-15-6-8-24(13-30-22(28)11-16(2)7-9-29-17(3)26)20(10-15)33-21-12-19(32-18(4)27)23(24,5)25(21)14-31-25/h10-11,19-21H,6-9,12-14H2,1-5H3/b16-11+/t19-,20-,21-,23-,24-,25+/m1/s1. The second-order valence-electron chi connectivity index (χ2n) is 10.1. The van der Waals surface area contributed by atoms with Crippen molar-refractivity contribution in [3.63, 3.8) is 0 Å². The molecule has 0 radical (unpaired) electrons. The Hall–Kier alpha value is -2.19. The van der Waals surface area contributed by atoms with Gasteiger partial charge in [0.25, 0.3) is 0 Å². The molecule has 0 amide bonds. The number of carbonyl (C=O) groups excluding carboxylic acids is 3. The normalized spacial score (nSPS) is 38.9. The molecule has 6 atom stereocenters. The highest BCUT2D eigenvalue weighted by molar-refractivity contribution is 5.82. The molecule has 0 aromatic carbocycles. The van der Waals surface area contributed by atoms with Crippen molar-refractivity contribution in [2.45, 2.75) is 84.2 Å². The maximum absolute atomic E-state index is 12.7. The average molecular weight is 463 g/mol. The monoisotopic (exact) mass is 462 g/mol. The molecule has 2 saturated heterocycles. The van der Waals surface area contributed by atoms with Gasteiger partial charge in [0, 0.05) is 38.2 Å². The van der Waals surface area contributed by atoms with Gasteiger partial charge >= 0.3 is 17.9 Å². The molecular formula is C25H34O8. The Balaban J connectivity index is 1.58. The van der Waals surface area contributed by atoms with E-state index in [1.54, 1.807) is 6.92 Å². The number of hydrogen-bond donors (Lipinski definition) is 0. The van der Waals surface area contributed by atoms with Gasteiger partial charge in [-0.05, 0) is 26.7 Å². The Kier molecular flexibility index (Phi) is 6.20. The van der Waals surface area contributed by atoms with Crippen LogP contribution in [-0.2, 0) is 38.1 Å². The van der Waals surface area contributed by atoms with Crippen LogP contribution in [-0.4, -0.2) is 61.6 Å². The van der Waals surface area contributed by atoms with E-state index >= 15 is 0 Å².